The first-order valence-electron chi connectivity index (χ1n) is 6.50. The van der Waals surface area contributed by atoms with Crippen LogP contribution in [0, 0.1) is 0 Å². The average Bonchev–Trinajstić information content (AvgIpc) is 2.51. The van der Waals surface area contributed by atoms with E-state index >= 15 is 0 Å². The third kappa shape index (κ3) is 4.51. The normalized spacial score (nSPS) is 11.0. The Balaban J connectivity index is 2.02. The maximum Gasteiger partial charge on any atom is 0.191 e. The van der Waals surface area contributed by atoms with E-state index in [0.29, 0.717) is 10.1 Å². The van der Waals surface area contributed by atoms with E-state index in [0.717, 1.165) is 23.5 Å². The summed E-state index contributed by atoms with van der Waals surface area (Å²) in [7, 11) is 0. The first-order chi connectivity index (χ1) is 10.2. The van der Waals surface area contributed by atoms with Crippen molar-refractivity contribution in [3.63, 3.8) is 0 Å². The Morgan fingerprint density at radius 3 is 2.67 bits per heavy atom. The summed E-state index contributed by atoms with van der Waals surface area (Å²) in [5, 5.41) is 8.28. The van der Waals surface area contributed by atoms with E-state index in [1.807, 2.05) is 43.3 Å². The van der Waals surface area contributed by atoms with E-state index in [-0.39, 0.29) is 0 Å². The summed E-state index contributed by atoms with van der Waals surface area (Å²) >= 11 is 11.3. The number of para-hydroxylation sites is 1. The molecule has 0 fully saturated rings. The van der Waals surface area contributed by atoms with Crippen LogP contribution in [0.1, 0.15) is 19.0 Å². The van der Waals surface area contributed by atoms with E-state index in [2.05, 4.69) is 20.8 Å². The Morgan fingerprint density at radius 1 is 1.24 bits per heavy atom. The molecule has 0 unspecified atom stereocenters. The Labute approximate surface area is 134 Å². The van der Waals surface area contributed by atoms with Crippen LogP contribution in [0.4, 0.5) is 5.69 Å². The fourth-order valence-electron chi connectivity index (χ4n) is 1.68. The van der Waals surface area contributed by atoms with Gasteiger partial charge >= 0.3 is 0 Å². The highest BCUT2D eigenvalue weighted by Crippen LogP contribution is 2.20. The lowest BCUT2D eigenvalue weighted by Crippen LogP contribution is -2.25. The van der Waals surface area contributed by atoms with Crippen LogP contribution in [0.3, 0.4) is 0 Å². The molecule has 2 rings (SSSR count). The molecule has 0 aliphatic rings. The van der Waals surface area contributed by atoms with Gasteiger partial charge < -0.3 is 5.32 Å². The first kappa shape index (κ1) is 15.4. The van der Waals surface area contributed by atoms with Gasteiger partial charge in [0, 0.05) is 6.20 Å². The van der Waals surface area contributed by atoms with Crippen LogP contribution in [0.25, 0.3) is 0 Å². The number of anilines is 1. The van der Waals surface area contributed by atoms with Crippen molar-refractivity contribution >= 4 is 40.3 Å². The third-order valence-corrected chi connectivity index (χ3v) is 3.23. The smallest absolute Gasteiger partial charge is 0.191 e. The van der Waals surface area contributed by atoms with Crippen molar-refractivity contribution in [2.24, 2.45) is 5.10 Å². The standard InChI is InChI=1S/C15H15ClN4S/c1-2-12(14-9-5-6-10-17-14)19-20-15(21)18-13-8-4-3-7-11(13)16/h3-10H,2H2,1H3,(H2,18,20,21)/b19-12+. The van der Waals surface area contributed by atoms with Gasteiger partial charge in [-0.2, -0.15) is 5.10 Å². The summed E-state index contributed by atoms with van der Waals surface area (Å²) in [5.41, 5.74) is 5.22. The zero-order chi connectivity index (χ0) is 15.1. The van der Waals surface area contributed by atoms with Gasteiger partial charge in [-0.3, -0.25) is 10.4 Å². The second kappa shape index (κ2) is 7.71. The number of hydrazone groups is 1. The molecule has 0 atom stereocenters. The second-order valence-electron chi connectivity index (χ2n) is 4.17. The van der Waals surface area contributed by atoms with Crippen molar-refractivity contribution in [2.75, 3.05) is 5.32 Å². The Bertz CT molecular complexity index is 643. The molecule has 6 heteroatoms. The maximum atomic E-state index is 6.06. The van der Waals surface area contributed by atoms with E-state index in [4.69, 9.17) is 23.8 Å². The molecule has 1 heterocycles. The number of nitrogens with one attached hydrogen (secondary N) is 2. The lowest BCUT2D eigenvalue weighted by atomic mass is 10.2. The van der Waals surface area contributed by atoms with Gasteiger partial charge in [-0.25, -0.2) is 0 Å². The third-order valence-electron chi connectivity index (χ3n) is 2.71. The minimum Gasteiger partial charge on any atom is -0.330 e. The summed E-state index contributed by atoms with van der Waals surface area (Å²) in [6.45, 7) is 2.01. The second-order valence-corrected chi connectivity index (χ2v) is 4.99. The molecule has 0 amide bonds. The molecular formula is C15H15ClN4S. The molecule has 0 bridgehead atoms. The van der Waals surface area contributed by atoms with Gasteiger partial charge in [0.2, 0.25) is 0 Å². The summed E-state index contributed by atoms with van der Waals surface area (Å²) in [5.74, 6) is 0. The van der Waals surface area contributed by atoms with Gasteiger partial charge in [0.05, 0.1) is 22.1 Å². The number of hydrogen-bond acceptors (Lipinski definition) is 3. The fourth-order valence-corrected chi connectivity index (χ4v) is 2.02. The summed E-state index contributed by atoms with van der Waals surface area (Å²) in [6.07, 6.45) is 2.49. The van der Waals surface area contributed by atoms with Crippen LogP contribution in [0.2, 0.25) is 5.02 Å². The van der Waals surface area contributed by atoms with Crippen molar-refractivity contribution in [3.8, 4) is 0 Å². The molecule has 2 N–H and O–H groups in total. The topological polar surface area (TPSA) is 49.3 Å². The molecule has 21 heavy (non-hydrogen) atoms. The number of nitrogens with zero attached hydrogens (tertiary/aromatic N) is 2. The molecule has 1 aromatic heterocycles. The molecule has 0 aliphatic carbocycles. The van der Waals surface area contributed by atoms with E-state index in [1.54, 1.807) is 12.3 Å². The van der Waals surface area contributed by atoms with Crippen molar-refractivity contribution in [3.05, 3.63) is 59.4 Å². The van der Waals surface area contributed by atoms with Gasteiger partial charge in [-0.15, -0.1) is 0 Å². The SMILES string of the molecule is CC/C(=N\NC(=S)Nc1ccccc1Cl)c1ccccn1. The molecule has 1 aromatic carbocycles. The van der Waals surface area contributed by atoms with Crippen LogP contribution in [0.5, 0.6) is 0 Å². The highest BCUT2D eigenvalue weighted by molar-refractivity contribution is 7.80. The number of halogens is 1. The highest BCUT2D eigenvalue weighted by atomic mass is 35.5. The van der Waals surface area contributed by atoms with Crippen molar-refractivity contribution in [1.82, 2.24) is 10.4 Å². The van der Waals surface area contributed by atoms with E-state index < -0.39 is 0 Å². The Morgan fingerprint density at radius 2 is 2.00 bits per heavy atom. The molecule has 2 aromatic rings. The number of hydrogen-bond donors (Lipinski definition) is 2. The number of rotatable bonds is 4. The number of aromatic nitrogens is 1. The molecule has 4 nitrogen and oxygen atoms in total. The van der Waals surface area contributed by atoms with Crippen LogP contribution in [0.15, 0.2) is 53.8 Å². The molecule has 0 aliphatic heterocycles. The van der Waals surface area contributed by atoms with Crippen molar-refractivity contribution in [2.45, 2.75) is 13.3 Å². The monoisotopic (exact) mass is 318 g/mol. The van der Waals surface area contributed by atoms with Crippen LogP contribution >= 0.6 is 23.8 Å². The molecular weight excluding hydrogens is 304 g/mol. The van der Waals surface area contributed by atoms with Crippen LogP contribution in [-0.2, 0) is 0 Å². The van der Waals surface area contributed by atoms with Gasteiger partial charge in [-0.1, -0.05) is 36.7 Å². The first-order valence-corrected chi connectivity index (χ1v) is 7.29. The highest BCUT2D eigenvalue weighted by Gasteiger charge is 2.04. The van der Waals surface area contributed by atoms with Gasteiger partial charge in [0.15, 0.2) is 5.11 Å². The lowest BCUT2D eigenvalue weighted by molar-refractivity contribution is 1.01. The van der Waals surface area contributed by atoms with E-state index in [1.165, 1.54) is 0 Å². The Hall–Kier alpha value is -1.98. The molecule has 0 saturated heterocycles. The summed E-state index contributed by atoms with van der Waals surface area (Å²) in [4.78, 5) is 4.27. The summed E-state index contributed by atoms with van der Waals surface area (Å²) in [6, 6.07) is 13.1. The molecule has 0 radical (unpaired) electrons. The minimum absolute atomic E-state index is 0.380. The zero-order valence-corrected chi connectivity index (χ0v) is 13.1. The predicted molar refractivity (Wildman–Crippen MR) is 91.9 cm³/mol. The van der Waals surface area contributed by atoms with Crippen molar-refractivity contribution < 1.29 is 0 Å². The van der Waals surface area contributed by atoms with Crippen molar-refractivity contribution in [1.29, 1.82) is 0 Å². The van der Waals surface area contributed by atoms with Gasteiger partial charge in [0.25, 0.3) is 0 Å². The molecule has 108 valence electrons. The number of pyridine rings is 1. The van der Waals surface area contributed by atoms with Gasteiger partial charge in [0.1, 0.15) is 0 Å². The predicted octanol–water partition coefficient (Wildman–Crippen LogP) is 3.84. The minimum atomic E-state index is 0.380. The molecule has 0 saturated carbocycles. The van der Waals surface area contributed by atoms with Gasteiger partial charge in [-0.05, 0) is 42.9 Å². The number of thiocarbonyl (C=S) groups is 1. The van der Waals surface area contributed by atoms with E-state index in [9.17, 15) is 0 Å². The maximum absolute atomic E-state index is 6.06. The zero-order valence-electron chi connectivity index (χ0n) is 11.5. The van der Waals surface area contributed by atoms with Crippen LogP contribution in [-0.4, -0.2) is 15.8 Å². The Kier molecular flexibility index (Phi) is 5.66. The average molecular weight is 319 g/mol. The quantitative estimate of drug-likeness (QED) is 0.511. The number of benzene rings is 1. The lowest BCUT2D eigenvalue weighted by Gasteiger charge is -2.09. The largest absolute Gasteiger partial charge is 0.330 e. The molecule has 0 spiro atoms. The van der Waals surface area contributed by atoms with Crippen LogP contribution < -0.4 is 10.7 Å². The fraction of sp³-hybridized carbons (Fsp3) is 0.133. The summed E-state index contributed by atoms with van der Waals surface area (Å²) < 4.78 is 0.